The number of nitro groups is 1. The van der Waals surface area contributed by atoms with E-state index in [1.54, 1.807) is 43.0 Å². The number of methoxy groups -OCH3 is 2. The zero-order chi connectivity index (χ0) is 26.8. The predicted molar refractivity (Wildman–Crippen MR) is 144 cm³/mol. The van der Waals surface area contributed by atoms with Crippen molar-refractivity contribution in [1.82, 2.24) is 24.5 Å². The number of non-ortho nitro benzene ring substituents is 1. The van der Waals surface area contributed by atoms with Gasteiger partial charge in [-0.25, -0.2) is 9.97 Å². The molecule has 12 heteroatoms. The van der Waals surface area contributed by atoms with E-state index in [2.05, 4.69) is 5.10 Å². The fraction of sp³-hybridized carbons (Fsp3) is 0.385. The maximum Gasteiger partial charge on any atom is 0.269 e. The van der Waals surface area contributed by atoms with Crippen molar-refractivity contribution < 1.29 is 19.2 Å². The Morgan fingerprint density at radius 2 is 1.79 bits per heavy atom. The fourth-order valence-corrected chi connectivity index (χ4v) is 5.63. The maximum atomic E-state index is 13.1. The van der Waals surface area contributed by atoms with Gasteiger partial charge in [0.1, 0.15) is 0 Å². The van der Waals surface area contributed by atoms with E-state index >= 15 is 0 Å². The summed E-state index contributed by atoms with van der Waals surface area (Å²) in [6.07, 6.45) is 5.60. The van der Waals surface area contributed by atoms with Gasteiger partial charge >= 0.3 is 0 Å². The zero-order valence-electron chi connectivity index (χ0n) is 21.4. The van der Waals surface area contributed by atoms with Crippen LogP contribution in [-0.4, -0.2) is 68.4 Å². The van der Waals surface area contributed by atoms with E-state index in [1.165, 1.54) is 30.3 Å². The minimum atomic E-state index is -0.450. The van der Waals surface area contributed by atoms with Crippen LogP contribution >= 0.6 is 11.8 Å². The molecule has 4 aromatic rings. The Kier molecular flexibility index (Phi) is 7.32. The van der Waals surface area contributed by atoms with Gasteiger partial charge in [0.05, 0.1) is 30.4 Å². The first kappa shape index (κ1) is 25.7. The van der Waals surface area contributed by atoms with Gasteiger partial charge in [-0.2, -0.15) is 4.52 Å². The molecule has 5 rings (SSSR count). The Morgan fingerprint density at radius 1 is 1.11 bits per heavy atom. The molecule has 1 amide bonds. The number of nitrogens with zero attached hydrogens (tertiary/aromatic N) is 6. The molecule has 198 valence electrons. The van der Waals surface area contributed by atoms with Crippen molar-refractivity contribution in [2.24, 2.45) is 0 Å². The summed E-state index contributed by atoms with van der Waals surface area (Å²) in [6, 6.07) is 9.90. The molecular formula is C26H28N6O5S. The summed E-state index contributed by atoms with van der Waals surface area (Å²) < 4.78 is 12.6. The van der Waals surface area contributed by atoms with Gasteiger partial charge in [-0.05, 0) is 31.0 Å². The molecular weight excluding hydrogens is 508 g/mol. The predicted octanol–water partition coefficient (Wildman–Crippen LogP) is 4.75. The van der Waals surface area contributed by atoms with Crippen LogP contribution in [0.15, 0.2) is 41.6 Å². The highest BCUT2D eigenvalue weighted by Gasteiger charge is 2.24. The molecule has 0 bridgehead atoms. The molecule has 1 aliphatic carbocycles. The van der Waals surface area contributed by atoms with Crippen LogP contribution in [0.3, 0.4) is 0 Å². The van der Waals surface area contributed by atoms with Crippen LogP contribution < -0.4 is 9.47 Å². The SMILES string of the molecule is COc1cc2nc(SCC(=O)N(C)C3CCCCC3)n3nc(-c4ccc([N+](=O)[O-])cc4)nc3c2cc1OC. The van der Waals surface area contributed by atoms with Crippen molar-refractivity contribution in [2.75, 3.05) is 27.0 Å². The van der Waals surface area contributed by atoms with E-state index in [9.17, 15) is 14.9 Å². The lowest BCUT2D eigenvalue weighted by molar-refractivity contribution is -0.384. The molecule has 0 atom stereocenters. The average Bonchev–Trinajstić information content (AvgIpc) is 3.41. The normalized spacial score (nSPS) is 14.1. The van der Waals surface area contributed by atoms with Gasteiger partial charge in [-0.15, -0.1) is 5.10 Å². The topological polar surface area (TPSA) is 125 Å². The van der Waals surface area contributed by atoms with Crippen LogP contribution in [0.25, 0.3) is 27.9 Å². The van der Waals surface area contributed by atoms with E-state index in [-0.39, 0.29) is 23.4 Å². The van der Waals surface area contributed by atoms with Crippen LogP contribution in [0.1, 0.15) is 32.1 Å². The number of ether oxygens (including phenoxy) is 2. The first-order valence-electron chi connectivity index (χ1n) is 12.4. The van der Waals surface area contributed by atoms with Crippen molar-refractivity contribution in [3.63, 3.8) is 0 Å². The number of hydrogen-bond acceptors (Lipinski definition) is 9. The van der Waals surface area contributed by atoms with Crippen LogP contribution in [0, 0.1) is 10.1 Å². The molecule has 0 spiro atoms. The summed E-state index contributed by atoms with van der Waals surface area (Å²) in [6.45, 7) is 0. The molecule has 0 unspecified atom stereocenters. The summed E-state index contributed by atoms with van der Waals surface area (Å²) in [7, 11) is 4.99. The summed E-state index contributed by atoms with van der Waals surface area (Å²) in [5, 5.41) is 16.9. The molecule has 38 heavy (non-hydrogen) atoms. The molecule has 0 radical (unpaired) electrons. The Labute approximate surface area is 223 Å². The summed E-state index contributed by atoms with van der Waals surface area (Å²) in [4.78, 5) is 35.1. The number of hydrogen-bond donors (Lipinski definition) is 0. The minimum absolute atomic E-state index is 0.0155. The number of nitro benzene ring substituents is 1. The Morgan fingerprint density at radius 3 is 2.45 bits per heavy atom. The van der Waals surface area contributed by atoms with Gasteiger partial charge in [-0.3, -0.25) is 14.9 Å². The molecule has 0 aliphatic heterocycles. The monoisotopic (exact) mass is 536 g/mol. The number of thioether (sulfide) groups is 1. The Balaban J connectivity index is 1.55. The third-order valence-corrected chi connectivity index (χ3v) is 7.84. The lowest BCUT2D eigenvalue weighted by Crippen LogP contribution is -2.39. The number of benzene rings is 2. The van der Waals surface area contributed by atoms with Gasteiger partial charge in [0, 0.05) is 42.2 Å². The maximum absolute atomic E-state index is 13.1. The van der Waals surface area contributed by atoms with Gasteiger partial charge < -0.3 is 14.4 Å². The highest BCUT2D eigenvalue weighted by molar-refractivity contribution is 7.99. The first-order valence-corrected chi connectivity index (χ1v) is 13.3. The number of rotatable bonds is 8. The van der Waals surface area contributed by atoms with Crippen LogP contribution in [0.5, 0.6) is 11.5 Å². The number of carbonyl (C=O) groups excluding carboxylic acids is 1. The highest BCUT2D eigenvalue weighted by atomic mass is 32.2. The Hall–Kier alpha value is -3.93. The fourth-order valence-electron chi connectivity index (χ4n) is 4.76. The third-order valence-electron chi connectivity index (χ3n) is 6.92. The first-order chi connectivity index (χ1) is 18.4. The van der Waals surface area contributed by atoms with Gasteiger partial charge in [0.2, 0.25) is 5.91 Å². The largest absolute Gasteiger partial charge is 0.493 e. The Bertz CT molecular complexity index is 1500. The van der Waals surface area contributed by atoms with Crippen LogP contribution in [0.4, 0.5) is 5.69 Å². The van der Waals surface area contributed by atoms with E-state index < -0.39 is 4.92 Å². The number of aromatic nitrogens is 4. The molecule has 2 aromatic carbocycles. The lowest BCUT2D eigenvalue weighted by Gasteiger charge is -2.31. The van der Waals surface area contributed by atoms with Crippen molar-refractivity contribution in [1.29, 1.82) is 0 Å². The lowest BCUT2D eigenvalue weighted by atomic mass is 9.94. The standard InChI is InChI=1S/C26H28N6O5S/c1-30(17-7-5-4-6-8-17)23(33)15-38-26-27-20-14-22(37-3)21(36-2)13-19(20)25-28-24(29-31(25)26)16-9-11-18(12-10-16)32(34)35/h9-14,17H,4-8,15H2,1-3H3. The smallest absolute Gasteiger partial charge is 0.269 e. The van der Waals surface area contributed by atoms with Crippen LogP contribution in [0.2, 0.25) is 0 Å². The van der Waals surface area contributed by atoms with Crippen molar-refractivity contribution >= 4 is 39.9 Å². The minimum Gasteiger partial charge on any atom is -0.493 e. The number of amides is 1. The second-order valence-corrected chi connectivity index (χ2v) is 10.1. The molecule has 2 heterocycles. The number of fused-ring (bicyclic) bond motifs is 3. The summed E-state index contributed by atoms with van der Waals surface area (Å²) in [5.74, 6) is 1.68. The zero-order valence-corrected chi connectivity index (χ0v) is 22.2. The molecule has 1 saturated carbocycles. The molecule has 2 aromatic heterocycles. The molecule has 1 aliphatic rings. The third kappa shape index (κ3) is 4.95. The van der Waals surface area contributed by atoms with Gasteiger partial charge in [0.15, 0.2) is 28.1 Å². The summed E-state index contributed by atoms with van der Waals surface area (Å²) in [5.41, 5.74) is 1.75. The molecule has 11 nitrogen and oxygen atoms in total. The molecule has 0 saturated heterocycles. The van der Waals surface area contributed by atoms with E-state index in [4.69, 9.17) is 19.4 Å². The highest BCUT2D eigenvalue weighted by Crippen LogP contribution is 2.35. The van der Waals surface area contributed by atoms with Crippen molar-refractivity contribution in [3.8, 4) is 22.9 Å². The van der Waals surface area contributed by atoms with E-state index in [1.807, 2.05) is 11.9 Å². The van der Waals surface area contributed by atoms with Gasteiger partial charge in [-0.1, -0.05) is 31.0 Å². The van der Waals surface area contributed by atoms with Crippen molar-refractivity contribution in [3.05, 3.63) is 46.5 Å². The van der Waals surface area contributed by atoms with Crippen LogP contribution in [-0.2, 0) is 4.79 Å². The van der Waals surface area contributed by atoms with Gasteiger partial charge in [0.25, 0.3) is 5.69 Å². The average molecular weight is 537 g/mol. The van der Waals surface area contributed by atoms with Crippen molar-refractivity contribution in [2.45, 2.75) is 43.3 Å². The number of carbonyl (C=O) groups is 1. The molecule has 1 fully saturated rings. The second-order valence-electron chi connectivity index (χ2n) is 9.18. The molecule has 0 N–H and O–H groups in total. The quantitative estimate of drug-likeness (QED) is 0.136. The summed E-state index contributed by atoms with van der Waals surface area (Å²) >= 11 is 1.30. The second kappa shape index (κ2) is 10.8. The van der Waals surface area contributed by atoms with E-state index in [0.717, 1.165) is 25.7 Å². The van der Waals surface area contributed by atoms with E-state index in [0.29, 0.717) is 44.6 Å².